The average molecular weight is 476 g/mol. The lowest BCUT2D eigenvalue weighted by Gasteiger charge is -2.30. The van der Waals surface area contributed by atoms with Crippen molar-refractivity contribution in [3.8, 4) is 0 Å². The predicted octanol–water partition coefficient (Wildman–Crippen LogP) is 1.87. The smallest absolute Gasteiger partial charge is 0.240 e. The van der Waals surface area contributed by atoms with Crippen molar-refractivity contribution in [2.24, 2.45) is 21.8 Å². The molecule has 1 aromatic rings. The Kier molecular flexibility index (Phi) is 13.7. The van der Waals surface area contributed by atoms with Crippen LogP contribution in [0.3, 0.4) is 0 Å². The number of amides is 2. The Labute approximate surface area is 203 Å². The van der Waals surface area contributed by atoms with E-state index in [9.17, 15) is 9.59 Å². The molecule has 0 aliphatic carbocycles. The molecule has 1 unspecified atom stereocenters. The molecule has 0 saturated heterocycles. The van der Waals surface area contributed by atoms with Crippen molar-refractivity contribution in [3.63, 3.8) is 0 Å². The Hall–Kier alpha value is -2.82. The molecular formula is C24H41N7O3. The van der Waals surface area contributed by atoms with Gasteiger partial charge in [0.15, 0.2) is 0 Å². The SMILES string of the molecule is C=C(C(COCc1ccccc1)NC(=O)C(C)(C)N)N(CCCC(=O)NCCCCN)N=NC. The van der Waals surface area contributed by atoms with E-state index >= 15 is 0 Å². The minimum absolute atomic E-state index is 0.0306. The third-order valence-electron chi connectivity index (χ3n) is 4.94. The van der Waals surface area contributed by atoms with E-state index in [0.717, 1.165) is 18.4 Å². The maximum absolute atomic E-state index is 12.6. The lowest BCUT2D eigenvalue weighted by molar-refractivity contribution is -0.126. The first kappa shape index (κ1) is 29.2. The highest BCUT2D eigenvalue weighted by molar-refractivity contribution is 5.85. The molecule has 0 spiro atoms. The molecule has 0 aliphatic heterocycles. The summed E-state index contributed by atoms with van der Waals surface area (Å²) in [6.07, 6.45) is 2.61. The van der Waals surface area contributed by atoms with Crippen LogP contribution in [0.1, 0.15) is 45.1 Å². The van der Waals surface area contributed by atoms with E-state index in [0.29, 0.717) is 44.8 Å². The van der Waals surface area contributed by atoms with Gasteiger partial charge in [-0.05, 0) is 45.2 Å². The first-order valence-electron chi connectivity index (χ1n) is 11.6. The molecule has 0 heterocycles. The zero-order valence-corrected chi connectivity index (χ0v) is 20.8. The number of rotatable bonds is 17. The predicted molar refractivity (Wildman–Crippen MR) is 133 cm³/mol. The monoisotopic (exact) mass is 475 g/mol. The Bertz CT molecular complexity index is 779. The zero-order chi connectivity index (χ0) is 25.4. The van der Waals surface area contributed by atoms with Gasteiger partial charge in [-0.2, -0.15) is 5.11 Å². The summed E-state index contributed by atoms with van der Waals surface area (Å²) >= 11 is 0. The second kappa shape index (κ2) is 15.9. The first-order valence-corrected chi connectivity index (χ1v) is 11.6. The Morgan fingerprint density at radius 3 is 2.53 bits per heavy atom. The minimum atomic E-state index is -1.07. The molecule has 1 rings (SSSR count). The van der Waals surface area contributed by atoms with Crippen molar-refractivity contribution < 1.29 is 14.3 Å². The van der Waals surface area contributed by atoms with Crippen molar-refractivity contribution in [2.75, 3.05) is 33.3 Å². The van der Waals surface area contributed by atoms with Crippen LogP contribution >= 0.6 is 0 Å². The van der Waals surface area contributed by atoms with Crippen molar-refractivity contribution in [2.45, 2.75) is 57.7 Å². The van der Waals surface area contributed by atoms with Gasteiger partial charge >= 0.3 is 0 Å². The number of hydrogen-bond donors (Lipinski definition) is 4. The quantitative estimate of drug-likeness (QED) is 0.154. The summed E-state index contributed by atoms with van der Waals surface area (Å²) in [5, 5.41) is 15.4. The van der Waals surface area contributed by atoms with E-state index in [1.54, 1.807) is 25.9 Å². The van der Waals surface area contributed by atoms with Crippen LogP contribution < -0.4 is 22.1 Å². The van der Waals surface area contributed by atoms with Gasteiger partial charge in [0.25, 0.3) is 0 Å². The summed E-state index contributed by atoms with van der Waals surface area (Å²) in [4.78, 5) is 24.6. The highest BCUT2D eigenvalue weighted by Gasteiger charge is 2.28. The molecule has 1 aromatic carbocycles. The van der Waals surface area contributed by atoms with E-state index in [1.165, 1.54) is 0 Å². The third-order valence-corrected chi connectivity index (χ3v) is 4.94. The van der Waals surface area contributed by atoms with Gasteiger partial charge < -0.3 is 26.8 Å². The fourth-order valence-corrected chi connectivity index (χ4v) is 2.94. The fraction of sp³-hybridized carbons (Fsp3) is 0.583. The number of ether oxygens (including phenoxy) is 1. The van der Waals surface area contributed by atoms with Gasteiger partial charge in [-0.3, -0.25) is 9.59 Å². The van der Waals surface area contributed by atoms with E-state index in [4.69, 9.17) is 16.2 Å². The second-order valence-electron chi connectivity index (χ2n) is 8.60. The number of carbonyl (C=O) groups excluding carboxylic acids is 2. The largest absolute Gasteiger partial charge is 0.374 e. The van der Waals surface area contributed by atoms with Crippen molar-refractivity contribution in [1.29, 1.82) is 0 Å². The molecule has 0 radical (unpaired) electrons. The highest BCUT2D eigenvalue weighted by Crippen LogP contribution is 2.13. The molecule has 34 heavy (non-hydrogen) atoms. The normalized spacial score (nSPS) is 12.4. The number of hydrogen-bond acceptors (Lipinski definition) is 7. The fourth-order valence-electron chi connectivity index (χ4n) is 2.94. The summed E-state index contributed by atoms with van der Waals surface area (Å²) < 4.78 is 5.86. The summed E-state index contributed by atoms with van der Waals surface area (Å²) in [6, 6.07) is 9.16. The third kappa shape index (κ3) is 11.9. The van der Waals surface area contributed by atoms with E-state index in [2.05, 4.69) is 27.6 Å². The van der Waals surface area contributed by atoms with Gasteiger partial charge in [0.1, 0.15) is 0 Å². The number of nitrogens with two attached hydrogens (primary N) is 2. The van der Waals surface area contributed by atoms with Gasteiger partial charge in [-0.25, -0.2) is 5.01 Å². The number of benzene rings is 1. The van der Waals surface area contributed by atoms with Gasteiger partial charge in [-0.1, -0.05) is 42.1 Å². The summed E-state index contributed by atoms with van der Waals surface area (Å²) in [5.41, 5.74) is 11.9. The lowest BCUT2D eigenvalue weighted by Crippen LogP contribution is -2.54. The van der Waals surface area contributed by atoms with Gasteiger partial charge in [0.05, 0.1) is 37.5 Å². The average Bonchev–Trinajstić information content (AvgIpc) is 2.80. The lowest BCUT2D eigenvalue weighted by atomic mass is 10.1. The Morgan fingerprint density at radius 2 is 1.91 bits per heavy atom. The van der Waals surface area contributed by atoms with E-state index < -0.39 is 11.6 Å². The molecule has 2 amide bonds. The second-order valence-corrected chi connectivity index (χ2v) is 8.60. The highest BCUT2D eigenvalue weighted by atomic mass is 16.5. The maximum Gasteiger partial charge on any atom is 0.240 e. The molecule has 6 N–H and O–H groups in total. The van der Waals surface area contributed by atoms with Crippen LogP contribution in [0.2, 0.25) is 0 Å². The molecule has 190 valence electrons. The van der Waals surface area contributed by atoms with Gasteiger partial charge in [-0.15, -0.1) is 0 Å². The van der Waals surface area contributed by atoms with Gasteiger partial charge in [0.2, 0.25) is 11.8 Å². The molecule has 10 nitrogen and oxygen atoms in total. The topological polar surface area (TPSA) is 147 Å². The summed E-state index contributed by atoms with van der Waals surface area (Å²) in [6.45, 7) is 9.57. The summed E-state index contributed by atoms with van der Waals surface area (Å²) in [5.74, 6) is -0.371. The van der Waals surface area contributed by atoms with Crippen molar-refractivity contribution in [1.82, 2.24) is 15.6 Å². The summed E-state index contributed by atoms with van der Waals surface area (Å²) in [7, 11) is 1.55. The molecule has 10 heteroatoms. The van der Waals surface area contributed by atoms with E-state index in [-0.39, 0.29) is 18.4 Å². The van der Waals surface area contributed by atoms with Crippen LogP contribution in [0.15, 0.2) is 52.9 Å². The van der Waals surface area contributed by atoms with Crippen LogP contribution in [0.4, 0.5) is 0 Å². The standard InChI is InChI=1S/C24H41N7O3/c1-19(31(30-27-4)16-10-13-22(32)28-15-9-8-14-25)21(29-23(33)24(2,3)26)18-34-17-20-11-6-5-7-12-20/h5-7,11-12,21H,1,8-10,13-18,25-26H2,2-4H3,(H,28,32)(H,29,33). The van der Waals surface area contributed by atoms with Crippen molar-refractivity contribution in [3.05, 3.63) is 48.2 Å². The number of unbranched alkanes of at least 4 members (excludes halogenated alkanes) is 1. The van der Waals surface area contributed by atoms with Crippen LogP contribution in [-0.2, 0) is 20.9 Å². The molecule has 1 atom stereocenters. The maximum atomic E-state index is 12.6. The minimum Gasteiger partial charge on any atom is -0.374 e. The van der Waals surface area contributed by atoms with Crippen LogP contribution in [-0.4, -0.2) is 61.7 Å². The number of carbonyl (C=O) groups is 2. The molecule has 0 aromatic heterocycles. The Balaban J connectivity index is 2.74. The van der Waals surface area contributed by atoms with Crippen LogP contribution in [0, 0.1) is 0 Å². The number of nitrogens with zero attached hydrogens (tertiary/aromatic N) is 3. The molecule has 0 fully saturated rings. The molecule has 0 bridgehead atoms. The van der Waals surface area contributed by atoms with Gasteiger partial charge in [0, 0.05) is 19.5 Å². The molecule has 0 saturated carbocycles. The van der Waals surface area contributed by atoms with Crippen molar-refractivity contribution >= 4 is 11.8 Å². The first-order chi connectivity index (χ1) is 16.2. The zero-order valence-electron chi connectivity index (χ0n) is 20.8. The molecule has 0 aliphatic rings. The van der Waals surface area contributed by atoms with E-state index in [1.807, 2.05) is 30.3 Å². The van der Waals surface area contributed by atoms with Crippen LogP contribution in [0.25, 0.3) is 0 Å². The number of nitrogens with one attached hydrogen (secondary N) is 2. The molecular weight excluding hydrogens is 434 g/mol. The Morgan fingerprint density at radius 1 is 1.21 bits per heavy atom. The van der Waals surface area contributed by atoms with Crippen LogP contribution in [0.5, 0.6) is 0 Å².